The zero-order valence-corrected chi connectivity index (χ0v) is 13.2. The molecule has 2 aliphatic rings. The van der Waals surface area contributed by atoms with Crippen LogP contribution in [0.15, 0.2) is 4.52 Å². The molecule has 1 aromatic heterocycles. The predicted octanol–water partition coefficient (Wildman–Crippen LogP) is 2.17. The van der Waals surface area contributed by atoms with E-state index < -0.39 is 0 Å². The van der Waals surface area contributed by atoms with Gasteiger partial charge < -0.3 is 9.84 Å². The number of thioether (sulfide) groups is 1. The molecule has 2 unspecified atom stereocenters. The average molecular weight is 296 g/mol. The Balaban J connectivity index is 1.81. The molecule has 0 amide bonds. The maximum atomic E-state index is 5.65. The molecule has 0 saturated carbocycles. The van der Waals surface area contributed by atoms with E-state index >= 15 is 0 Å². The zero-order chi connectivity index (χ0) is 14.0. The van der Waals surface area contributed by atoms with Gasteiger partial charge in [0.05, 0.1) is 11.6 Å². The van der Waals surface area contributed by atoms with Crippen LogP contribution in [-0.2, 0) is 5.54 Å². The summed E-state index contributed by atoms with van der Waals surface area (Å²) in [6.45, 7) is 4.36. The number of hydrogen-bond acceptors (Lipinski definition) is 6. The highest BCUT2D eigenvalue weighted by atomic mass is 32.2. The van der Waals surface area contributed by atoms with Gasteiger partial charge in [0.25, 0.3) is 0 Å². The first-order chi connectivity index (χ1) is 9.75. The van der Waals surface area contributed by atoms with E-state index in [9.17, 15) is 0 Å². The molecule has 3 heterocycles. The van der Waals surface area contributed by atoms with Crippen LogP contribution in [0, 0.1) is 0 Å². The lowest BCUT2D eigenvalue weighted by Gasteiger charge is -2.29. The topological polar surface area (TPSA) is 54.2 Å². The van der Waals surface area contributed by atoms with Crippen LogP contribution < -0.4 is 5.32 Å². The summed E-state index contributed by atoms with van der Waals surface area (Å²) in [4.78, 5) is 7.09. The van der Waals surface area contributed by atoms with Crippen LogP contribution in [0.1, 0.15) is 50.4 Å². The molecule has 20 heavy (non-hydrogen) atoms. The van der Waals surface area contributed by atoms with Crippen molar-refractivity contribution in [1.29, 1.82) is 0 Å². The van der Waals surface area contributed by atoms with Crippen LogP contribution in [-0.4, -0.2) is 46.7 Å². The van der Waals surface area contributed by atoms with E-state index in [1.165, 1.54) is 12.2 Å². The van der Waals surface area contributed by atoms with Gasteiger partial charge in [-0.15, -0.1) is 0 Å². The third-order valence-electron chi connectivity index (χ3n) is 4.47. The third kappa shape index (κ3) is 2.61. The van der Waals surface area contributed by atoms with Crippen LogP contribution in [0.3, 0.4) is 0 Å². The largest absolute Gasteiger partial charge is 0.337 e. The molecule has 0 radical (unpaired) electrons. The summed E-state index contributed by atoms with van der Waals surface area (Å²) in [5, 5.41) is 7.88. The standard InChI is InChI=1S/C14H24N4OS/c1-3-5-14(6-4-7-15-14)13-16-12(17-19-13)11-10-20-9-8-18(11)2/h11,15H,3-10H2,1-2H3. The maximum absolute atomic E-state index is 5.65. The van der Waals surface area contributed by atoms with Gasteiger partial charge in [-0.25, -0.2) is 0 Å². The molecule has 0 aromatic carbocycles. The molecule has 2 fully saturated rings. The smallest absolute Gasteiger partial charge is 0.247 e. The minimum Gasteiger partial charge on any atom is -0.337 e. The first kappa shape index (κ1) is 14.4. The van der Waals surface area contributed by atoms with Gasteiger partial charge in [0.1, 0.15) is 0 Å². The summed E-state index contributed by atoms with van der Waals surface area (Å²) in [5.41, 5.74) is -0.0691. The Kier molecular flexibility index (Phi) is 4.33. The Labute approximate surface area is 124 Å². The Morgan fingerprint density at radius 3 is 3.15 bits per heavy atom. The minimum atomic E-state index is -0.0691. The number of hydrogen-bond donors (Lipinski definition) is 1. The van der Waals surface area contributed by atoms with Crippen LogP contribution >= 0.6 is 11.8 Å². The fraction of sp³-hybridized carbons (Fsp3) is 0.857. The summed E-state index contributed by atoms with van der Waals surface area (Å²) in [5.74, 6) is 3.91. The quantitative estimate of drug-likeness (QED) is 0.919. The summed E-state index contributed by atoms with van der Waals surface area (Å²) >= 11 is 1.97. The van der Waals surface area contributed by atoms with Crippen molar-refractivity contribution in [2.75, 3.05) is 31.6 Å². The van der Waals surface area contributed by atoms with E-state index in [4.69, 9.17) is 9.51 Å². The summed E-state index contributed by atoms with van der Waals surface area (Å²) in [6.07, 6.45) is 4.50. The number of aromatic nitrogens is 2. The SMILES string of the molecule is CCCC1(c2nc(C3CSCCN3C)no2)CCCN1. The van der Waals surface area contributed by atoms with Crippen molar-refractivity contribution in [2.24, 2.45) is 0 Å². The first-order valence-corrected chi connectivity index (χ1v) is 8.78. The van der Waals surface area contributed by atoms with E-state index in [0.717, 1.165) is 49.8 Å². The summed E-state index contributed by atoms with van der Waals surface area (Å²) < 4.78 is 5.65. The van der Waals surface area contributed by atoms with Gasteiger partial charge in [-0.05, 0) is 32.9 Å². The molecule has 1 N–H and O–H groups in total. The fourth-order valence-electron chi connectivity index (χ4n) is 3.26. The van der Waals surface area contributed by atoms with Crippen molar-refractivity contribution in [3.05, 3.63) is 11.7 Å². The monoisotopic (exact) mass is 296 g/mol. The minimum absolute atomic E-state index is 0.0691. The third-order valence-corrected chi connectivity index (χ3v) is 5.49. The van der Waals surface area contributed by atoms with Crippen molar-refractivity contribution in [2.45, 2.75) is 44.2 Å². The van der Waals surface area contributed by atoms with Crippen molar-refractivity contribution in [3.8, 4) is 0 Å². The van der Waals surface area contributed by atoms with Crippen LogP contribution in [0.5, 0.6) is 0 Å². The van der Waals surface area contributed by atoms with Gasteiger partial charge in [0, 0.05) is 18.1 Å². The summed E-state index contributed by atoms with van der Waals surface area (Å²) in [6, 6.07) is 0.298. The second-order valence-electron chi connectivity index (χ2n) is 5.89. The van der Waals surface area contributed by atoms with E-state index in [2.05, 4.69) is 29.3 Å². The van der Waals surface area contributed by atoms with Gasteiger partial charge in [0.15, 0.2) is 5.82 Å². The van der Waals surface area contributed by atoms with Crippen molar-refractivity contribution in [3.63, 3.8) is 0 Å². The number of rotatable bonds is 4. The van der Waals surface area contributed by atoms with Crippen LogP contribution in [0.2, 0.25) is 0 Å². The lowest BCUT2D eigenvalue weighted by molar-refractivity contribution is 0.234. The Morgan fingerprint density at radius 2 is 2.45 bits per heavy atom. The average Bonchev–Trinajstić information content (AvgIpc) is 3.09. The normalized spacial score (nSPS) is 31.8. The predicted molar refractivity (Wildman–Crippen MR) is 80.8 cm³/mol. The molecular weight excluding hydrogens is 272 g/mol. The van der Waals surface area contributed by atoms with E-state index in [1.54, 1.807) is 0 Å². The molecule has 2 aliphatic heterocycles. The van der Waals surface area contributed by atoms with Crippen molar-refractivity contribution in [1.82, 2.24) is 20.4 Å². The molecule has 3 rings (SSSR count). The molecule has 1 aromatic rings. The molecular formula is C14H24N4OS. The number of nitrogens with one attached hydrogen (secondary N) is 1. The molecule has 112 valence electrons. The molecule has 0 spiro atoms. The second kappa shape index (κ2) is 6.03. The van der Waals surface area contributed by atoms with Gasteiger partial charge in [-0.3, -0.25) is 4.90 Å². The second-order valence-corrected chi connectivity index (χ2v) is 7.04. The molecule has 0 bridgehead atoms. The highest BCUT2D eigenvalue weighted by Crippen LogP contribution is 2.35. The molecule has 0 aliphatic carbocycles. The molecule has 2 saturated heterocycles. The summed E-state index contributed by atoms with van der Waals surface area (Å²) in [7, 11) is 2.15. The van der Waals surface area contributed by atoms with E-state index in [-0.39, 0.29) is 5.54 Å². The van der Waals surface area contributed by atoms with Crippen molar-refractivity contribution >= 4 is 11.8 Å². The van der Waals surface area contributed by atoms with E-state index in [1.807, 2.05) is 11.8 Å². The maximum Gasteiger partial charge on any atom is 0.247 e. The lowest BCUT2D eigenvalue weighted by Crippen LogP contribution is -2.37. The Morgan fingerprint density at radius 1 is 1.55 bits per heavy atom. The molecule has 6 heteroatoms. The number of nitrogens with zero attached hydrogens (tertiary/aromatic N) is 3. The Bertz CT molecular complexity index is 444. The first-order valence-electron chi connectivity index (χ1n) is 7.62. The van der Waals surface area contributed by atoms with Gasteiger partial charge in [-0.1, -0.05) is 18.5 Å². The van der Waals surface area contributed by atoms with E-state index in [0.29, 0.717) is 6.04 Å². The van der Waals surface area contributed by atoms with Crippen LogP contribution in [0.25, 0.3) is 0 Å². The highest BCUT2D eigenvalue weighted by Gasteiger charge is 2.40. The highest BCUT2D eigenvalue weighted by molar-refractivity contribution is 7.99. The fourth-order valence-corrected chi connectivity index (χ4v) is 4.47. The van der Waals surface area contributed by atoms with Gasteiger partial charge in [0.2, 0.25) is 5.89 Å². The van der Waals surface area contributed by atoms with Gasteiger partial charge >= 0.3 is 0 Å². The van der Waals surface area contributed by atoms with Crippen LogP contribution in [0.4, 0.5) is 0 Å². The van der Waals surface area contributed by atoms with Gasteiger partial charge in [-0.2, -0.15) is 16.7 Å². The molecule has 5 nitrogen and oxygen atoms in total. The lowest BCUT2D eigenvalue weighted by atomic mass is 9.92. The Hall–Kier alpha value is -0.590. The zero-order valence-electron chi connectivity index (χ0n) is 12.4. The molecule has 2 atom stereocenters. The van der Waals surface area contributed by atoms with Crippen molar-refractivity contribution < 1.29 is 4.52 Å².